The minimum Gasteiger partial charge on any atom is -0.343 e. The fraction of sp³-hybridized carbons (Fsp3) is 0.600. The van der Waals surface area contributed by atoms with Crippen molar-refractivity contribution in [3.05, 3.63) is 41.5 Å². The zero-order valence-corrected chi connectivity index (χ0v) is 19.1. The Bertz CT molecular complexity index is 816. The summed E-state index contributed by atoms with van der Waals surface area (Å²) in [5, 5.41) is 2.98. The van der Waals surface area contributed by atoms with Crippen molar-refractivity contribution in [3.63, 3.8) is 0 Å². The van der Waals surface area contributed by atoms with E-state index in [0.29, 0.717) is 13.1 Å². The van der Waals surface area contributed by atoms with Crippen molar-refractivity contribution in [2.45, 2.75) is 71.4 Å². The number of hydrogen-bond acceptors (Lipinski definition) is 3. The van der Waals surface area contributed by atoms with Crippen LogP contribution >= 0.6 is 0 Å². The molecule has 2 aliphatic rings. The molecular formula is C25H37N3O2. The third kappa shape index (κ3) is 4.31. The number of hydrogen-bond donors (Lipinski definition) is 2. The lowest BCUT2D eigenvalue weighted by Crippen LogP contribution is -2.58. The fourth-order valence-electron chi connectivity index (χ4n) is 4.51. The van der Waals surface area contributed by atoms with E-state index < -0.39 is 12.1 Å². The maximum Gasteiger partial charge on any atom is 0.245 e. The van der Waals surface area contributed by atoms with Gasteiger partial charge >= 0.3 is 0 Å². The standard InChI is InChI=1S/C25H37N3O2/c1-6-17(2)20(27-22(29)21(26)24(3,4)5)23(30)28-15-13-25(14-16-28)12-11-18-9-7-8-10-19(18)25/h7-12,17,20-21H,6,13-16,26H2,1-5H3,(H,27,29)/t17-,20-,21?/m0/s1. The van der Waals surface area contributed by atoms with Crippen molar-refractivity contribution in [1.82, 2.24) is 10.2 Å². The van der Waals surface area contributed by atoms with Gasteiger partial charge in [0.05, 0.1) is 6.04 Å². The van der Waals surface area contributed by atoms with Crippen LogP contribution in [0.5, 0.6) is 0 Å². The molecule has 5 nitrogen and oxygen atoms in total. The van der Waals surface area contributed by atoms with Gasteiger partial charge in [-0.3, -0.25) is 9.59 Å². The fourth-order valence-corrected chi connectivity index (χ4v) is 4.51. The Hall–Kier alpha value is -2.14. The van der Waals surface area contributed by atoms with Gasteiger partial charge in [0.1, 0.15) is 6.04 Å². The minimum atomic E-state index is -0.651. The predicted molar refractivity (Wildman–Crippen MR) is 122 cm³/mol. The number of nitrogens with two attached hydrogens (primary N) is 1. The average molecular weight is 412 g/mol. The third-order valence-electron chi connectivity index (χ3n) is 7.04. The summed E-state index contributed by atoms with van der Waals surface area (Å²) in [7, 11) is 0. The number of rotatable bonds is 5. The molecule has 1 aromatic rings. The van der Waals surface area contributed by atoms with Gasteiger partial charge in [-0.2, -0.15) is 0 Å². The molecule has 3 rings (SSSR count). The second-order valence-corrected chi connectivity index (χ2v) is 10.1. The molecule has 1 aromatic carbocycles. The average Bonchev–Trinajstić information content (AvgIpc) is 3.08. The number of nitrogens with zero attached hydrogens (tertiary/aromatic N) is 1. The number of amides is 2. The second kappa shape index (κ2) is 8.54. The summed E-state index contributed by atoms with van der Waals surface area (Å²) < 4.78 is 0. The number of allylic oxidation sites excluding steroid dienone is 1. The van der Waals surface area contributed by atoms with Crippen LogP contribution in [0.1, 0.15) is 65.0 Å². The molecule has 1 unspecified atom stereocenters. The van der Waals surface area contributed by atoms with E-state index in [2.05, 4.69) is 41.7 Å². The van der Waals surface area contributed by atoms with Crippen molar-refractivity contribution in [2.75, 3.05) is 13.1 Å². The van der Waals surface area contributed by atoms with Crippen molar-refractivity contribution in [1.29, 1.82) is 0 Å². The van der Waals surface area contributed by atoms with Crippen LogP contribution in [0.25, 0.3) is 6.08 Å². The van der Waals surface area contributed by atoms with E-state index in [1.165, 1.54) is 11.1 Å². The Balaban J connectivity index is 1.70. The Morgan fingerprint density at radius 3 is 2.43 bits per heavy atom. The van der Waals surface area contributed by atoms with Crippen molar-refractivity contribution in [2.24, 2.45) is 17.1 Å². The molecule has 1 saturated heterocycles. The van der Waals surface area contributed by atoms with Crippen LogP contribution in [-0.2, 0) is 15.0 Å². The first-order valence-corrected chi connectivity index (χ1v) is 11.2. The van der Waals surface area contributed by atoms with Crippen molar-refractivity contribution in [3.8, 4) is 0 Å². The van der Waals surface area contributed by atoms with E-state index >= 15 is 0 Å². The first-order valence-electron chi connectivity index (χ1n) is 11.2. The number of nitrogens with one attached hydrogen (secondary N) is 1. The quantitative estimate of drug-likeness (QED) is 0.779. The summed E-state index contributed by atoms with van der Waals surface area (Å²) in [4.78, 5) is 28.1. The summed E-state index contributed by atoms with van der Waals surface area (Å²) in [5.41, 5.74) is 8.49. The molecule has 0 bridgehead atoms. The molecule has 3 atom stereocenters. The highest BCUT2D eigenvalue weighted by Gasteiger charge is 2.41. The number of carbonyl (C=O) groups excluding carboxylic acids is 2. The number of likely N-dealkylation sites (tertiary alicyclic amines) is 1. The largest absolute Gasteiger partial charge is 0.343 e. The Morgan fingerprint density at radius 1 is 1.20 bits per heavy atom. The summed E-state index contributed by atoms with van der Waals surface area (Å²) >= 11 is 0. The zero-order valence-electron chi connectivity index (χ0n) is 19.1. The SMILES string of the molecule is CC[C@H](C)[C@H](NC(=O)C(N)C(C)(C)C)C(=O)N1CCC2(C=Cc3ccccc32)CC1. The molecule has 30 heavy (non-hydrogen) atoms. The van der Waals surface area contributed by atoms with E-state index in [1.807, 2.05) is 39.5 Å². The Kier molecular flexibility index (Phi) is 6.42. The number of carbonyl (C=O) groups is 2. The van der Waals surface area contributed by atoms with Gasteiger partial charge in [0.2, 0.25) is 11.8 Å². The molecule has 0 aromatic heterocycles. The maximum atomic E-state index is 13.4. The van der Waals surface area contributed by atoms with Crippen LogP contribution < -0.4 is 11.1 Å². The van der Waals surface area contributed by atoms with Crippen LogP contribution in [0, 0.1) is 11.3 Å². The highest BCUT2D eigenvalue weighted by atomic mass is 16.2. The Labute approximate surface area is 181 Å². The minimum absolute atomic E-state index is 0.0175. The number of piperidine rings is 1. The molecule has 0 saturated carbocycles. The zero-order chi connectivity index (χ0) is 22.1. The summed E-state index contributed by atoms with van der Waals surface area (Å²) in [6.07, 6.45) is 7.16. The smallest absolute Gasteiger partial charge is 0.245 e. The lowest BCUT2D eigenvalue weighted by Gasteiger charge is -2.41. The van der Waals surface area contributed by atoms with Crippen molar-refractivity contribution < 1.29 is 9.59 Å². The second-order valence-electron chi connectivity index (χ2n) is 10.1. The number of benzene rings is 1. The molecule has 164 valence electrons. The molecule has 1 spiro atoms. The van der Waals surface area contributed by atoms with Crippen LogP contribution in [0.4, 0.5) is 0 Å². The normalized spacial score (nSPS) is 20.5. The first kappa shape index (κ1) is 22.5. The summed E-state index contributed by atoms with van der Waals surface area (Å²) in [6.45, 7) is 11.3. The molecule has 1 aliphatic heterocycles. The van der Waals surface area contributed by atoms with Gasteiger partial charge in [-0.15, -0.1) is 0 Å². The molecule has 1 fully saturated rings. The summed E-state index contributed by atoms with van der Waals surface area (Å²) in [5.74, 6) is -0.178. The van der Waals surface area contributed by atoms with Crippen LogP contribution in [0.15, 0.2) is 30.3 Å². The third-order valence-corrected chi connectivity index (χ3v) is 7.04. The van der Waals surface area contributed by atoms with Crippen LogP contribution in [0.2, 0.25) is 0 Å². The molecule has 1 heterocycles. The van der Waals surface area contributed by atoms with E-state index in [-0.39, 0.29) is 28.6 Å². The molecule has 2 amide bonds. The monoisotopic (exact) mass is 411 g/mol. The maximum absolute atomic E-state index is 13.4. The van der Waals surface area contributed by atoms with Gasteiger partial charge in [-0.1, -0.05) is 77.5 Å². The van der Waals surface area contributed by atoms with Gasteiger partial charge < -0.3 is 16.0 Å². The lowest BCUT2D eigenvalue weighted by atomic mass is 9.74. The van der Waals surface area contributed by atoms with Gasteiger partial charge in [-0.25, -0.2) is 0 Å². The van der Waals surface area contributed by atoms with E-state index in [1.54, 1.807) is 0 Å². The topological polar surface area (TPSA) is 75.4 Å². The molecular weight excluding hydrogens is 374 g/mol. The van der Waals surface area contributed by atoms with Gasteiger partial charge in [0.15, 0.2) is 0 Å². The highest BCUT2D eigenvalue weighted by molar-refractivity contribution is 5.90. The lowest BCUT2D eigenvalue weighted by molar-refractivity contribution is -0.140. The van der Waals surface area contributed by atoms with E-state index in [0.717, 1.165) is 19.3 Å². The van der Waals surface area contributed by atoms with Crippen molar-refractivity contribution >= 4 is 17.9 Å². The predicted octanol–water partition coefficient (Wildman–Crippen LogP) is 3.48. The molecule has 0 radical (unpaired) electrons. The van der Waals surface area contributed by atoms with Gasteiger partial charge in [0, 0.05) is 18.5 Å². The molecule has 5 heteroatoms. The van der Waals surface area contributed by atoms with Crippen LogP contribution in [0.3, 0.4) is 0 Å². The first-order chi connectivity index (χ1) is 14.1. The molecule has 3 N–H and O–H groups in total. The summed E-state index contributed by atoms with van der Waals surface area (Å²) in [6, 6.07) is 7.35. The van der Waals surface area contributed by atoms with Gasteiger partial charge in [0.25, 0.3) is 0 Å². The molecule has 1 aliphatic carbocycles. The Morgan fingerprint density at radius 2 is 1.83 bits per heavy atom. The van der Waals surface area contributed by atoms with Gasteiger partial charge in [-0.05, 0) is 35.3 Å². The van der Waals surface area contributed by atoms with E-state index in [9.17, 15) is 9.59 Å². The number of fused-ring (bicyclic) bond motifs is 2. The van der Waals surface area contributed by atoms with Crippen LogP contribution in [-0.4, -0.2) is 41.9 Å². The van der Waals surface area contributed by atoms with E-state index in [4.69, 9.17) is 5.73 Å². The highest BCUT2D eigenvalue weighted by Crippen LogP contribution is 2.43.